The maximum Gasteiger partial charge on any atom is 0.169 e. The molecule has 2 unspecified atom stereocenters. The molecule has 2 rings (SSSR count). The van der Waals surface area contributed by atoms with E-state index in [1.54, 1.807) is 12.1 Å². The normalized spacial score (nSPS) is 14.0. The Morgan fingerprint density at radius 2 is 1.57 bits per heavy atom. The lowest BCUT2D eigenvalue weighted by molar-refractivity contribution is 0.0560. The van der Waals surface area contributed by atoms with Crippen LogP contribution in [0.25, 0.3) is 0 Å². The first kappa shape index (κ1) is 15.9. The standard InChI is InChI=1S/C18H19BrO2/c1-12(2)16(17(20)13-8-4-3-5-9-13)18(21)14-10-6-7-11-15(14)19/h3-12,16,18,21H,1-2H3. The highest BCUT2D eigenvalue weighted by Crippen LogP contribution is 2.34. The van der Waals surface area contributed by atoms with Crippen molar-refractivity contribution in [3.8, 4) is 0 Å². The van der Waals surface area contributed by atoms with E-state index in [2.05, 4.69) is 15.9 Å². The highest BCUT2D eigenvalue weighted by atomic mass is 79.9. The number of Topliss-reactive ketones (excluding diaryl/α,β-unsaturated/α-hetero) is 1. The minimum absolute atomic E-state index is 0.0196. The second-order valence-electron chi connectivity index (χ2n) is 5.47. The molecule has 0 aromatic heterocycles. The highest BCUT2D eigenvalue weighted by Gasteiger charge is 2.32. The second kappa shape index (κ2) is 7.01. The molecule has 0 spiro atoms. The van der Waals surface area contributed by atoms with Gasteiger partial charge in [0.1, 0.15) is 0 Å². The third-order valence-corrected chi connectivity index (χ3v) is 4.37. The minimum Gasteiger partial charge on any atom is -0.388 e. The van der Waals surface area contributed by atoms with Crippen molar-refractivity contribution < 1.29 is 9.90 Å². The molecule has 21 heavy (non-hydrogen) atoms. The number of ketones is 1. The summed E-state index contributed by atoms with van der Waals surface area (Å²) < 4.78 is 0.823. The monoisotopic (exact) mass is 346 g/mol. The largest absolute Gasteiger partial charge is 0.388 e. The van der Waals surface area contributed by atoms with Crippen molar-refractivity contribution >= 4 is 21.7 Å². The number of rotatable bonds is 5. The van der Waals surface area contributed by atoms with E-state index < -0.39 is 12.0 Å². The predicted octanol–water partition coefficient (Wildman–Crippen LogP) is 4.64. The maximum absolute atomic E-state index is 12.7. The highest BCUT2D eigenvalue weighted by molar-refractivity contribution is 9.10. The molecule has 110 valence electrons. The van der Waals surface area contributed by atoms with Crippen LogP contribution in [0, 0.1) is 11.8 Å². The van der Waals surface area contributed by atoms with Crippen LogP contribution in [0.2, 0.25) is 0 Å². The molecule has 0 aliphatic carbocycles. The molecule has 2 aromatic rings. The molecule has 0 aliphatic heterocycles. The van der Waals surface area contributed by atoms with Crippen LogP contribution >= 0.6 is 15.9 Å². The van der Waals surface area contributed by atoms with Gasteiger partial charge < -0.3 is 5.11 Å². The minimum atomic E-state index is -0.826. The quantitative estimate of drug-likeness (QED) is 0.800. The van der Waals surface area contributed by atoms with Gasteiger partial charge in [0.15, 0.2) is 5.78 Å². The van der Waals surface area contributed by atoms with Crippen LogP contribution in [0.5, 0.6) is 0 Å². The zero-order chi connectivity index (χ0) is 15.4. The molecular formula is C18H19BrO2. The van der Waals surface area contributed by atoms with Gasteiger partial charge >= 0.3 is 0 Å². The average Bonchev–Trinajstić information content (AvgIpc) is 2.48. The molecule has 2 nitrogen and oxygen atoms in total. The molecule has 0 radical (unpaired) electrons. The van der Waals surface area contributed by atoms with E-state index in [4.69, 9.17) is 0 Å². The lowest BCUT2D eigenvalue weighted by Gasteiger charge is -2.26. The molecular weight excluding hydrogens is 328 g/mol. The van der Waals surface area contributed by atoms with Gasteiger partial charge in [-0.2, -0.15) is 0 Å². The summed E-state index contributed by atoms with van der Waals surface area (Å²) >= 11 is 3.45. The molecule has 0 amide bonds. The Morgan fingerprint density at radius 1 is 1.00 bits per heavy atom. The summed E-state index contributed by atoms with van der Waals surface area (Å²) in [4.78, 5) is 12.7. The maximum atomic E-state index is 12.7. The first-order valence-corrected chi connectivity index (χ1v) is 7.83. The fourth-order valence-electron chi connectivity index (χ4n) is 2.51. The van der Waals surface area contributed by atoms with E-state index in [0.29, 0.717) is 5.56 Å². The number of hydrogen-bond acceptors (Lipinski definition) is 2. The van der Waals surface area contributed by atoms with E-state index in [0.717, 1.165) is 10.0 Å². The van der Waals surface area contributed by atoms with E-state index in [1.165, 1.54) is 0 Å². The first-order valence-electron chi connectivity index (χ1n) is 7.04. The van der Waals surface area contributed by atoms with E-state index in [-0.39, 0.29) is 11.7 Å². The van der Waals surface area contributed by atoms with Crippen molar-refractivity contribution in [1.82, 2.24) is 0 Å². The van der Waals surface area contributed by atoms with Crippen molar-refractivity contribution in [1.29, 1.82) is 0 Å². The van der Waals surface area contributed by atoms with Crippen LogP contribution in [0.1, 0.15) is 35.9 Å². The number of carbonyl (C=O) groups excluding carboxylic acids is 1. The Labute approximate surface area is 134 Å². The number of benzene rings is 2. The summed E-state index contributed by atoms with van der Waals surface area (Å²) in [6.45, 7) is 3.93. The van der Waals surface area contributed by atoms with Crippen LogP contribution in [0.4, 0.5) is 0 Å². The number of hydrogen-bond donors (Lipinski definition) is 1. The van der Waals surface area contributed by atoms with Crippen molar-refractivity contribution in [2.24, 2.45) is 11.8 Å². The summed E-state index contributed by atoms with van der Waals surface area (Å²) in [7, 11) is 0. The molecule has 0 fully saturated rings. The lowest BCUT2D eigenvalue weighted by Crippen LogP contribution is -2.27. The van der Waals surface area contributed by atoms with Crippen LogP contribution in [-0.2, 0) is 0 Å². The summed E-state index contributed by atoms with van der Waals surface area (Å²) in [6.07, 6.45) is -0.826. The van der Waals surface area contributed by atoms with E-state index in [1.807, 2.05) is 56.3 Å². The van der Waals surface area contributed by atoms with E-state index in [9.17, 15) is 9.90 Å². The average molecular weight is 347 g/mol. The fourth-order valence-corrected chi connectivity index (χ4v) is 3.03. The summed E-state index contributed by atoms with van der Waals surface area (Å²) in [6, 6.07) is 16.6. The van der Waals surface area contributed by atoms with Crippen LogP contribution in [0.15, 0.2) is 59.1 Å². The first-order chi connectivity index (χ1) is 10.0. The zero-order valence-electron chi connectivity index (χ0n) is 12.2. The van der Waals surface area contributed by atoms with Gasteiger partial charge in [0, 0.05) is 10.0 Å². The third kappa shape index (κ3) is 3.60. The fraction of sp³-hybridized carbons (Fsp3) is 0.278. The molecule has 0 heterocycles. The number of aliphatic hydroxyl groups excluding tert-OH is 1. The summed E-state index contributed by atoms with van der Waals surface area (Å²) in [5.74, 6) is -0.445. The van der Waals surface area contributed by atoms with Crippen LogP contribution in [-0.4, -0.2) is 10.9 Å². The third-order valence-electron chi connectivity index (χ3n) is 3.64. The molecule has 0 bridgehead atoms. The van der Waals surface area contributed by atoms with Crippen molar-refractivity contribution in [2.75, 3.05) is 0 Å². The Hall–Kier alpha value is -1.45. The Kier molecular flexibility index (Phi) is 5.32. The van der Waals surface area contributed by atoms with Gasteiger partial charge in [-0.15, -0.1) is 0 Å². The van der Waals surface area contributed by atoms with Gasteiger partial charge in [-0.25, -0.2) is 0 Å². The Balaban J connectivity index is 2.36. The topological polar surface area (TPSA) is 37.3 Å². The summed E-state index contributed by atoms with van der Waals surface area (Å²) in [5.41, 5.74) is 1.39. The lowest BCUT2D eigenvalue weighted by atomic mass is 9.81. The van der Waals surface area contributed by atoms with Crippen molar-refractivity contribution in [2.45, 2.75) is 20.0 Å². The zero-order valence-corrected chi connectivity index (χ0v) is 13.7. The SMILES string of the molecule is CC(C)C(C(=O)c1ccccc1)C(O)c1ccccc1Br. The second-order valence-corrected chi connectivity index (χ2v) is 6.32. The van der Waals surface area contributed by atoms with Gasteiger partial charge in [-0.05, 0) is 17.5 Å². The molecule has 0 aliphatic rings. The van der Waals surface area contributed by atoms with Gasteiger partial charge in [-0.1, -0.05) is 78.3 Å². The van der Waals surface area contributed by atoms with Crippen molar-refractivity contribution in [3.05, 3.63) is 70.2 Å². The smallest absolute Gasteiger partial charge is 0.169 e. The van der Waals surface area contributed by atoms with Gasteiger partial charge in [0.25, 0.3) is 0 Å². The molecule has 3 heteroatoms. The van der Waals surface area contributed by atoms with Crippen molar-refractivity contribution in [3.63, 3.8) is 0 Å². The molecule has 2 aromatic carbocycles. The van der Waals surface area contributed by atoms with Gasteiger partial charge in [0.05, 0.1) is 12.0 Å². The number of carbonyl (C=O) groups is 1. The molecule has 0 saturated heterocycles. The molecule has 1 N–H and O–H groups in total. The Bertz CT molecular complexity index is 608. The summed E-state index contributed by atoms with van der Waals surface area (Å²) in [5, 5.41) is 10.7. The van der Waals surface area contributed by atoms with Crippen LogP contribution < -0.4 is 0 Å². The predicted molar refractivity (Wildman–Crippen MR) is 88.2 cm³/mol. The number of halogens is 1. The molecule has 0 saturated carbocycles. The van der Waals surface area contributed by atoms with Gasteiger partial charge in [-0.3, -0.25) is 4.79 Å². The van der Waals surface area contributed by atoms with Gasteiger partial charge in [0.2, 0.25) is 0 Å². The van der Waals surface area contributed by atoms with E-state index >= 15 is 0 Å². The van der Waals surface area contributed by atoms with Crippen LogP contribution in [0.3, 0.4) is 0 Å². The number of aliphatic hydroxyl groups is 1. The molecule has 2 atom stereocenters. The Morgan fingerprint density at radius 3 is 2.14 bits per heavy atom.